The van der Waals surface area contributed by atoms with E-state index >= 15 is 0 Å². The summed E-state index contributed by atoms with van der Waals surface area (Å²) in [7, 11) is 3.26. The SMILES string of the molecule is COc1cccc(OC)c1-c1ccc2c(c1)NC(=O)C(C)(C)N2. The summed E-state index contributed by atoms with van der Waals surface area (Å²) in [5, 5.41) is 6.20. The van der Waals surface area contributed by atoms with Gasteiger partial charge in [0.05, 0.1) is 31.2 Å². The van der Waals surface area contributed by atoms with E-state index in [9.17, 15) is 4.79 Å². The van der Waals surface area contributed by atoms with Crippen LogP contribution in [0.2, 0.25) is 0 Å². The van der Waals surface area contributed by atoms with Crippen LogP contribution in [0.25, 0.3) is 11.1 Å². The predicted octanol–water partition coefficient (Wildman–Crippen LogP) is 3.51. The number of rotatable bonds is 3. The molecule has 5 heteroatoms. The highest BCUT2D eigenvalue weighted by molar-refractivity contribution is 6.06. The van der Waals surface area contributed by atoms with E-state index < -0.39 is 5.54 Å². The number of carbonyl (C=O) groups excluding carboxylic acids is 1. The summed E-state index contributed by atoms with van der Waals surface area (Å²) in [6, 6.07) is 11.5. The minimum atomic E-state index is -0.628. The molecule has 120 valence electrons. The molecule has 0 atom stereocenters. The smallest absolute Gasteiger partial charge is 0.249 e. The Labute approximate surface area is 135 Å². The first-order valence-corrected chi connectivity index (χ1v) is 7.41. The number of fused-ring (bicyclic) bond motifs is 1. The topological polar surface area (TPSA) is 59.6 Å². The number of hydrogen-bond acceptors (Lipinski definition) is 4. The highest BCUT2D eigenvalue weighted by atomic mass is 16.5. The van der Waals surface area contributed by atoms with Crippen molar-refractivity contribution in [3.05, 3.63) is 36.4 Å². The molecular weight excluding hydrogens is 292 g/mol. The van der Waals surface area contributed by atoms with E-state index in [2.05, 4.69) is 10.6 Å². The number of benzene rings is 2. The molecule has 2 aromatic carbocycles. The quantitative estimate of drug-likeness (QED) is 0.910. The summed E-state index contributed by atoms with van der Waals surface area (Å²) in [5.74, 6) is 1.38. The van der Waals surface area contributed by atoms with Crippen molar-refractivity contribution in [2.75, 3.05) is 24.9 Å². The molecule has 0 aliphatic carbocycles. The number of anilines is 2. The molecular formula is C18H20N2O3. The van der Waals surface area contributed by atoms with Crippen LogP contribution in [0.1, 0.15) is 13.8 Å². The Morgan fingerprint density at radius 2 is 1.61 bits per heavy atom. The third-order valence-electron chi connectivity index (χ3n) is 4.00. The molecule has 0 unspecified atom stereocenters. The molecule has 1 amide bonds. The van der Waals surface area contributed by atoms with E-state index in [0.717, 1.165) is 34.0 Å². The average Bonchev–Trinajstić information content (AvgIpc) is 2.54. The molecule has 0 radical (unpaired) electrons. The number of amides is 1. The van der Waals surface area contributed by atoms with Gasteiger partial charge in [-0.15, -0.1) is 0 Å². The monoisotopic (exact) mass is 312 g/mol. The largest absolute Gasteiger partial charge is 0.496 e. The van der Waals surface area contributed by atoms with Gasteiger partial charge in [0.1, 0.15) is 17.0 Å². The summed E-state index contributed by atoms with van der Waals surface area (Å²) in [6.07, 6.45) is 0. The molecule has 0 saturated heterocycles. The van der Waals surface area contributed by atoms with Gasteiger partial charge in [0.25, 0.3) is 0 Å². The second kappa shape index (κ2) is 5.50. The van der Waals surface area contributed by atoms with Crippen molar-refractivity contribution in [3.63, 3.8) is 0 Å². The van der Waals surface area contributed by atoms with Gasteiger partial charge in [-0.3, -0.25) is 4.79 Å². The van der Waals surface area contributed by atoms with E-state index in [4.69, 9.17) is 9.47 Å². The van der Waals surface area contributed by atoms with Crippen molar-refractivity contribution in [2.45, 2.75) is 19.4 Å². The molecule has 5 nitrogen and oxygen atoms in total. The van der Waals surface area contributed by atoms with Crippen molar-refractivity contribution in [1.29, 1.82) is 0 Å². The van der Waals surface area contributed by atoms with Crippen LogP contribution in [0.3, 0.4) is 0 Å². The lowest BCUT2D eigenvalue weighted by atomic mass is 9.97. The van der Waals surface area contributed by atoms with Crippen LogP contribution < -0.4 is 20.1 Å². The van der Waals surface area contributed by atoms with Crippen LogP contribution in [0.4, 0.5) is 11.4 Å². The standard InChI is InChI=1S/C18H20N2O3/c1-18(2)17(21)19-13-10-11(8-9-12(13)20-18)16-14(22-3)6-5-7-15(16)23-4/h5-10,20H,1-4H3,(H,19,21). The minimum Gasteiger partial charge on any atom is -0.496 e. The molecule has 1 heterocycles. The fraction of sp³-hybridized carbons (Fsp3) is 0.278. The molecule has 1 aliphatic rings. The number of ether oxygens (including phenoxy) is 2. The van der Waals surface area contributed by atoms with Crippen molar-refractivity contribution < 1.29 is 14.3 Å². The van der Waals surface area contributed by atoms with Crippen molar-refractivity contribution in [2.24, 2.45) is 0 Å². The number of hydrogen-bond donors (Lipinski definition) is 2. The first kappa shape index (κ1) is 15.2. The van der Waals surface area contributed by atoms with Gasteiger partial charge in [0.15, 0.2) is 0 Å². The lowest BCUT2D eigenvalue weighted by Gasteiger charge is -2.33. The minimum absolute atomic E-state index is 0.0610. The van der Waals surface area contributed by atoms with Crippen molar-refractivity contribution in [3.8, 4) is 22.6 Å². The van der Waals surface area contributed by atoms with E-state index in [0.29, 0.717) is 0 Å². The van der Waals surface area contributed by atoms with Crippen LogP contribution in [0.5, 0.6) is 11.5 Å². The van der Waals surface area contributed by atoms with E-state index in [-0.39, 0.29) is 5.91 Å². The van der Waals surface area contributed by atoms with Crippen molar-refractivity contribution in [1.82, 2.24) is 0 Å². The summed E-state index contributed by atoms with van der Waals surface area (Å²) in [6.45, 7) is 3.70. The van der Waals surface area contributed by atoms with Gasteiger partial charge in [-0.2, -0.15) is 0 Å². The normalized spacial score (nSPS) is 15.2. The molecule has 23 heavy (non-hydrogen) atoms. The number of nitrogens with one attached hydrogen (secondary N) is 2. The van der Waals surface area contributed by atoms with E-state index in [1.165, 1.54) is 0 Å². The zero-order chi connectivity index (χ0) is 16.6. The zero-order valence-electron chi connectivity index (χ0n) is 13.7. The summed E-state index contributed by atoms with van der Waals surface area (Å²) < 4.78 is 10.9. The number of carbonyl (C=O) groups is 1. The Kier molecular flexibility index (Phi) is 3.64. The highest BCUT2D eigenvalue weighted by Crippen LogP contribution is 2.41. The second-order valence-electron chi connectivity index (χ2n) is 6.00. The van der Waals surface area contributed by atoms with Gasteiger partial charge in [-0.05, 0) is 43.7 Å². The third kappa shape index (κ3) is 2.59. The Morgan fingerprint density at radius 1 is 0.957 bits per heavy atom. The summed E-state index contributed by atoms with van der Waals surface area (Å²) >= 11 is 0. The van der Waals surface area contributed by atoms with E-state index in [1.54, 1.807) is 14.2 Å². The Balaban J connectivity index is 2.11. The molecule has 0 spiro atoms. The molecule has 0 fully saturated rings. The van der Waals surface area contributed by atoms with Crippen molar-refractivity contribution >= 4 is 17.3 Å². The van der Waals surface area contributed by atoms with Crippen LogP contribution >= 0.6 is 0 Å². The van der Waals surface area contributed by atoms with Gasteiger partial charge in [0.2, 0.25) is 5.91 Å². The van der Waals surface area contributed by atoms with Gasteiger partial charge < -0.3 is 20.1 Å². The van der Waals surface area contributed by atoms with Crippen LogP contribution in [0, 0.1) is 0 Å². The zero-order valence-corrected chi connectivity index (χ0v) is 13.7. The summed E-state index contributed by atoms with van der Waals surface area (Å²) in [4.78, 5) is 12.1. The van der Waals surface area contributed by atoms with Gasteiger partial charge in [-0.25, -0.2) is 0 Å². The molecule has 3 rings (SSSR count). The fourth-order valence-electron chi connectivity index (χ4n) is 2.72. The second-order valence-corrected chi connectivity index (χ2v) is 6.00. The van der Waals surface area contributed by atoms with Crippen LogP contribution in [-0.4, -0.2) is 25.7 Å². The van der Waals surface area contributed by atoms with Gasteiger partial charge in [-0.1, -0.05) is 12.1 Å². The molecule has 0 saturated carbocycles. The van der Waals surface area contributed by atoms with Crippen LogP contribution in [-0.2, 0) is 4.79 Å². The first-order chi connectivity index (χ1) is 11.0. The summed E-state index contributed by atoms with van der Waals surface area (Å²) in [5.41, 5.74) is 2.79. The molecule has 2 N–H and O–H groups in total. The van der Waals surface area contributed by atoms with E-state index in [1.807, 2.05) is 50.2 Å². The van der Waals surface area contributed by atoms with Crippen LogP contribution in [0.15, 0.2) is 36.4 Å². The van der Waals surface area contributed by atoms with Gasteiger partial charge >= 0.3 is 0 Å². The molecule has 2 aromatic rings. The Bertz CT molecular complexity index is 747. The average molecular weight is 312 g/mol. The third-order valence-corrected chi connectivity index (χ3v) is 4.00. The predicted molar refractivity (Wildman–Crippen MR) is 91.3 cm³/mol. The Morgan fingerprint density at radius 3 is 2.22 bits per heavy atom. The lowest BCUT2D eigenvalue weighted by Crippen LogP contribution is -2.47. The highest BCUT2D eigenvalue weighted by Gasteiger charge is 2.33. The molecule has 0 aromatic heterocycles. The fourth-order valence-corrected chi connectivity index (χ4v) is 2.72. The number of methoxy groups -OCH3 is 2. The lowest BCUT2D eigenvalue weighted by molar-refractivity contribution is -0.119. The molecule has 1 aliphatic heterocycles. The maximum absolute atomic E-state index is 12.1. The maximum Gasteiger partial charge on any atom is 0.249 e. The maximum atomic E-state index is 12.1. The first-order valence-electron chi connectivity index (χ1n) is 7.41. The molecule has 0 bridgehead atoms. The van der Waals surface area contributed by atoms with Gasteiger partial charge in [0, 0.05) is 0 Å². The Hall–Kier alpha value is -2.69.